The van der Waals surface area contributed by atoms with Crippen molar-refractivity contribution in [1.29, 1.82) is 0 Å². The summed E-state index contributed by atoms with van der Waals surface area (Å²) in [5, 5.41) is 0. The molecule has 0 aliphatic carbocycles. The van der Waals surface area contributed by atoms with Gasteiger partial charge in [0.1, 0.15) is 18.1 Å². The number of anilines is 1. The number of benzene rings is 1. The van der Waals surface area contributed by atoms with E-state index in [1.165, 1.54) is 0 Å². The number of piperazine rings is 1. The van der Waals surface area contributed by atoms with Gasteiger partial charge in [-0.2, -0.15) is 0 Å². The number of aromatic nitrogens is 2. The predicted molar refractivity (Wildman–Crippen MR) is 102 cm³/mol. The maximum absolute atomic E-state index is 12.9. The van der Waals surface area contributed by atoms with Crippen molar-refractivity contribution in [2.24, 2.45) is 0 Å². The molecule has 4 rings (SSSR count). The standard InChI is InChI=1S/C20H22N4O3/c1-2-26-17-4-5-18-15(13-17)12-16(14-27-18)19(25)23-8-10-24(11-9-23)20-21-6-3-7-22-20/h3-7,12-13H,2,8-11,14H2,1H3. The summed E-state index contributed by atoms with van der Waals surface area (Å²) in [5.41, 5.74) is 1.55. The number of amides is 1. The quantitative estimate of drug-likeness (QED) is 0.825. The summed E-state index contributed by atoms with van der Waals surface area (Å²) < 4.78 is 11.3. The van der Waals surface area contributed by atoms with Crippen molar-refractivity contribution in [3.8, 4) is 11.5 Å². The van der Waals surface area contributed by atoms with E-state index < -0.39 is 0 Å². The van der Waals surface area contributed by atoms with Gasteiger partial charge in [0.25, 0.3) is 5.91 Å². The maximum atomic E-state index is 12.9. The van der Waals surface area contributed by atoms with Gasteiger partial charge >= 0.3 is 0 Å². The summed E-state index contributed by atoms with van der Waals surface area (Å²) in [7, 11) is 0. The highest BCUT2D eigenvalue weighted by Crippen LogP contribution is 2.30. The Kier molecular flexibility index (Phi) is 4.91. The number of hydrogen-bond acceptors (Lipinski definition) is 6. The molecule has 0 radical (unpaired) electrons. The molecule has 0 unspecified atom stereocenters. The molecule has 1 saturated heterocycles. The van der Waals surface area contributed by atoms with Gasteiger partial charge in [0.05, 0.1) is 12.2 Å². The van der Waals surface area contributed by atoms with Crippen LogP contribution in [-0.2, 0) is 4.79 Å². The van der Waals surface area contributed by atoms with Crippen molar-refractivity contribution in [3.63, 3.8) is 0 Å². The van der Waals surface area contributed by atoms with Crippen molar-refractivity contribution in [1.82, 2.24) is 14.9 Å². The molecule has 3 heterocycles. The van der Waals surface area contributed by atoms with Gasteiger partial charge in [0.2, 0.25) is 5.95 Å². The van der Waals surface area contributed by atoms with Crippen LogP contribution in [0.15, 0.2) is 42.2 Å². The van der Waals surface area contributed by atoms with Crippen LogP contribution in [-0.4, -0.2) is 60.2 Å². The molecule has 0 N–H and O–H groups in total. The van der Waals surface area contributed by atoms with Gasteiger partial charge in [0, 0.05) is 44.1 Å². The Labute approximate surface area is 158 Å². The van der Waals surface area contributed by atoms with Crippen molar-refractivity contribution in [3.05, 3.63) is 47.8 Å². The second kappa shape index (κ2) is 7.65. The first-order valence-electron chi connectivity index (χ1n) is 9.16. The molecular formula is C20H22N4O3. The molecule has 0 atom stereocenters. The number of rotatable bonds is 4. The van der Waals surface area contributed by atoms with Crippen LogP contribution in [0.3, 0.4) is 0 Å². The van der Waals surface area contributed by atoms with Crippen LogP contribution in [0.5, 0.6) is 11.5 Å². The first kappa shape index (κ1) is 17.3. The van der Waals surface area contributed by atoms with E-state index in [0.29, 0.717) is 37.8 Å². The van der Waals surface area contributed by atoms with Crippen molar-refractivity contribution in [2.75, 3.05) is 44.3 Å². The largest absolute Gasteiger partial charge is 0.494 e. The van der Waals surface area contributed by atoms with Gasteiger partial charge in [-0.1, -0.05) is 0 Å². The molecule has 0 bridgehead atoms. The number of carbonyl (C=O) groups excluding carboxylic acids is 1. The van der Waals surface area contributed by atoms with Crippen LogP contribution in [0.4, 0.5) is 5.95 Å². The fourth-order valence-corrected chi connectivity index (χ4v) is 3.30. The zero-order valence-electron chi connectivity index (χ0n) is 15.3. The van der Waals surface area contributed by atoms with Crippen LogP contribution in [0.25, 0.3) is 6.08 Å². The molecule has 140 valence electrons. The summed E-state index contributed by atoms with van der Waals surface area (Å²) in [6.45, 7) is 5.55. The molecule has 7 heteroatoms. The van der Waals surface area contributed by atoms with Crippen molar-refractivity contribution >= 4 is 17.9 Å². The van der Waals surface area contributed by atoms with Gasteiger partial charge < -0.3 is 19.3 Å². The molecule has 1 amide bonds. The topological polar surface area (TPSA) is 67.8 Å². The summed E-state index contributed by atoms with van der Waals surface area (Å²) >= 11 is 0. The molecule has 2 aliphatic heterocycles. The second-order valence-corrected chi connectivity index (χ2v) is 6.42. The number of ether oxygens (including phenoxy) is 2. The zero-order valence-corrected chi connectivity index (χ0v) is 15.3. The van der Waals surface area contributed by atoms with Crippen LogP contribution < -0.4 is 14.4 Å². The van der Waals surface area contributed by atoms with Crippen LogP contribution in [0.2, 0.25) is 0 Å². The highest BCUT2D eigenvalue weighted by molar-refractivity contribution is 5.99. The first-order chi connectivity index (χ1) is 13.2. The van der Waals surface area contributed by atoms with E-state index in [2.05, 4.69) is 14.9 Å². The van der Waals surface area contributed by atoms with E-state index in [1.54, 1.807) is 18.5 Å². The van der Waals surface area contributed by atoms with Crippen LogP contribution in [0.1, 0.15) is 12.5 Å². The summed E-state index contributed by atoms with van der Waals surface area (Å²) in [6, 6.07) is 7.48. The Morgan fingerprint density at radius 1 is 1.19 bits per heavy atom. The summed E-state index contributed by atoms with van der Waals surface area (Å²) in [5.74, 6) is 2.29. The SMILES string of the molecule is CCOc1ccc2c(c1)C=C(C(=O)N1CCN(c3ncccn3)CC1)CO2. The fraction of sp³-hybridized carbons (Fsp3) is 0.350. The fourth-order valence-electron chi connectivity index (χ4n) is 3.30. The van der Waals surface area contributed by atoms with Crippen molar-refractivity contribution < 1.29 is 14.3 Å². The van der Waals surface area contributed by atoms with Crippen molar-refractivity contribution in [2.45, 2.75) is 6.92 Å². The van der Waals surface area contributed by atoms with Gasteiger partial charge in [-0.25, -0.2) is 9.97 Å². The van der Waals surface area contributed by atoms with Gasteiger partial charge in [0.15, 0.2) is 0 Å². The molecule has 2 aliphatic rings. The molecule has 1 aromatic heterocycles. The minimum absolute atomic E-state index is 0.0242. The zero-order chi connectivity index (χ0) is 18.6. The lowest BCUT2D eigenvalue weighted by molar-refractivity contribution is -0.127. The maximum Gasteiger partial charge on any atom is 0.253 e. The number of nitrogens with zero attached hydrogens (tertiary/aromatic N) is 4. The molecular weight excluding hydrogens is 344 g/mol. The monoisotopic (exact) mass is 366 g/mol. The second-order valence-electron chi connectivity index (χ2n) is 6.42. The molecule has 7 nitrogen and oxygen atoms in total. The minimum Gasteiger partial charge on any atom is -0.494 e. The number of hydrogen-bond donors (Lipinski definition) is 0. The van der Waals surface area contributed by atoms with Crippen LogP contribution in [0, 0.1) is 0 Å². The minimum atomic E-state index is 0.0242. The number of fused-ring (bicyclic) bond motifs is 1. The Balaban J connectivity index is 1.44. The Bertz CT molecular complexity index is 846. The van der Waals surface area contributed by atoms with E-state index in [0.717, 1.165) is 30.2 Å². The number of carbonyl (C=O) groups is 1. The van der Waals surface area contributed by atoms with Gasteiger partial charge in [-0.05, 0) is 37.3 Å². The van der Waals surface area contributed by atoms with E-state index in [9.17, 15) is 4.79 Å². The summed E-state index contributed by atoms with van der Waals surface area (Å²) in [4.78, 5) is 25.4. The predicted octanol–water partition coefficient (Wildman–Crippen LogP) is 2.00. The van der Waals surface area contributed by atoms with E-state index in [4.69, 9.17) is 9.47 Å². The van der Waals surface area contributed by atoms with E-state index in [1.807, 2.05) is 36.1 Å². The van der Waals surface area contributed by atoms with E-state index >= 15 is 0 Å². The molecule has 1 fully saturated rings. The third-order valence-electron chi connectivity index (χ3n) is 4.68. The Hall–Kier alpha value is -3.09. The molecule has 0 saturated carbocycles. The Morgan fingerprint density at radius 3 is 2.70 bits per heavy atom. The molecule has 0 spiro atoms. The third-order valence-corrected chi connectivity index (χ3v) is 4.68. The highest BCUT2D eigenvalue weighted by atomic mass is 16.5. The summed E-state index contributed by atoms with van der Waals surface area (Å²) in [6.07, 6.45) is 5.38. The normalized spacial score (nSPS) is 16.3. The first-order valence-corrected chi connectivity index (χ1v) is 9.16. The smallest absolute Gasteiger partial charge is 0.253 e. The van der Waals surface area contributed by atoms with Gasteiger partial charge in [-0.3, -0.25) is 4.79 Å². The lowest BCUT2D eigenvalue weighted by Crippen LogP contribution is -2.50. The average molecular weight is 366 g/mol. The average Bonchev–Trinajstić information content (AvgIpc) is 2.74. The molecule has 27 heavy (non-hydrogen) atoms. The molecule has 2 aromatic rings. The lowest BCUT2D eigenvalue weighted by Gasteiger charge is -2.35. The van der Waals surface area contributed by atoms with E-state index in [-0.39, 0.29) is 5.91 Å². The lowest BCUT2D eigenvalue weighted by atomic mass is 10.1. The van der Waals surface area contributed by atoms with Gasteiger partial charge in [-0.15, -0.1) is 0 Å². The third kappa shape index (κ3) is 3.72. The van der Waals surface area contributed by atoms with Crippen LogP contribution >= 0.6 is 0 Å². The Morgan fingerprint density at radius 2 is 1.96 bits per heavy atom. The molecule has 1 aromatic carbocycles. The highest BCUT2D eigenvalue weighted by Gasteiger charge is 2.26.